The highest BCUT2D eigenvalue weighted by molar-refractivity contribution is 6.35. The molecule has 2 aromatic heterocycles. The van der Waals surface area contributed by atoms with Crippen LogP contribution in [0.1, 0.15) is 64.2 Å². The number of carboxylic acids is 1. The molecule has 3 aliphatic heterocycles. The van der Waals surface area contributed by atoms with Crippen LogP contribution in [-0.2, 0) is 17.7 Å². The van der Waals surface area contributed by atoms with Crippen molar-refractivity contribution in [3.05, 3.63) is 111 Å². The summed E-state index contributed by atoms with van der Waals surface area (Å²) in [7, 11) is 1.57. The average molecular weight is 749 g/mol. The number of amides is 1. The van der Waals surface area contributed by atoms with Gasteiger partial charge in [0.2, 0.25) is 12.4 Å². The van der Waals surface area contributed by atoms with E-state index in [4.69, 9.17) is 37.4 Å². The zero-order valence-electron chi connectivity index (χ0n) is 28.8. The molecule has 1 aliphatic carbocycles. The van der Waals surface area contributed by atoms with Crippen molar-refractivity contribution in [2.24, 2.45) is 11.8 Å². The number of fused-ring (bicyclic) bond motifs is 3. The molecule has 2 atom stereocenters. The van der Waals surface area contributed by atoms with Gasteiger partial charge in [0.15, 0.2) is 11.5 Å². The summed E-state index contributed by atoms with van der Waals surface area (Å²) >= 11 is 13.3. The van der Waals surface area contributed by atoms with Gasteiger partial charge in [0, 0.05) is 29.0 Å². The third-order valence-electron chi connectivity index (χ3n) is 10.3. The Labute approximate surface area is 312 Å². The zero-order valence-corrected chi connectivity index (χ0v) is 30.3. The van der Waals surface area contributed by atoms with Crippen LogP contribution in [-0.4, -0.2) is 71.7 Å². The molecular weight excluding hydrogens is 707 g/mol. The SMILES string of the molecule is COc1ccc([C@H](Cc2c(Cl)c[n+](O)cc2Cl)c2cc(CN(C(=O)O[C@H]3CN4CCC3CC4)c3ccccn3)ccc2C(=O)O)cc1OCC1CC1. The quantitative estimate of drug-likeness (QED) is 0.110. The predicted octanol–water partition coefficient (Wildman–Crippen LogP) is 7.02. The molecule has 0 unspecified atom stereocenters. The molecule has 2 N–H and O–H groups in total. The van der Waals surface area contributed by atoms with Crippen LogP contribution in [0, 0.1) is 11.8 Å². The first-order valence-corrected chi connectivity index (χ1v) is 18.3. The summed E-state index contributed by atoms with van der Waals surface area (Å²) in [6.07, 6.45) is 7.96. The van der Waals surface area contributed by atoms with Gasteiger partial charge in [-0.05, 0) is 104 Å². The van der Waals surface area contributed by atoms with Gasteiger partial charge in [-0.1, -0.05) is 47.5 Å². The van der Waals surface area contributed by atoms with Crippen molar-refractivity contribution in [1.29, 1.82) is 0 Å². The van der Waals surface area contributed by atoms with Crippen LogP contribution in [0.5, 0.6) is 11.5 Å². The smallest absolute Gasteiger partial charge is 0.416 e. The van der Waals surface area contributed by atoms with E-state index in [2.05, 4.69) is 9.88 Å². The summed E-state index contributed by atoms with van der Waals surface area (Å²) in [6.45, 7) is 3.37. The van der Waals surface area contributed by atoms with E-state index < -0.39 is 18.0 Å². The topological polar surface area (TPSA) is 126 Å². The molecule has 4 aromatic rings. The van der Waals surface area contributed by atoms with Gasteiger partial charge >= 0.3 is 12.1 Å². The highest BCUT2D eigenvalue weighted by Gasteiger charge is 2.38. The van der Waals surface area contributed by atoms with Crippen molar-refractivity contribution in [2.45, 2.75) is 50.7 Å². The molecule has 272 valence electrons. The maximum Gasteiger partial charge on any atom is 0.416 e. The van der Waals surface area contributed by atoms with Gasteiger partial charge < -0.3 is 19.3 Å². The van der Waals surface area contributed by atoms with Crippen molar-refractivity contribution >= 4 is 41.1 Å². The van der Waals surface area contributed by atoms with Crippen LogP contribution in [0.25, 0.3) is 0 Å². The number of aromatic carboxylic acids is 1. The molecule has 8 rings (SSSR count). The molecule has 4 aliphatic rings. The van der Waals surface area contributed by atoms with Gasteiger partial charge in [0.05, 0.1) is 25.8 Å². The minimum Gasteiger partial charge on any atom is -0.493 e. The van der Waals surface area contributed by atoms with Gasteiger partial charge in [0.25, 0.3) is 0 Å². The number of piperidine rings is 3. The van der Waals surface area contributed by atoms with Crippen molar-refractivity contribution < 1.29 is 38.8 Å². The first-order valence-electron chi connectivity index (χ1n) is 17.5. The van der Waals surface area contributed by atoms with Crippen molar-refractivity contribution in [3.63, 3.8) is 0 Å². The molecule has 1 amide bonds. The summed E-state index contributed by atoms with van der Waals surface area (Å²) in [5.74, 6) is 0.605. The molecule has 52 heavy (non-hydrogen) atoms. The summed E-state index contributed by atoms with van der Waals surface area (Å²) in [5, 5.41) is 21.0. The molecule has 11 nitrogen and oxygen atoms in total. The summed E-state index contributed by atoms with van der Waals surface area (Å²) in [4.78, 5) is 35.1. The standard InChI is InChI=1S/C39H40Cl2N4O7/c1-50-34-10-8-27(17-35(34)51-23-24-5-6-24)29(18-31-32(40)20-44(49)21-33(31)41)30-16-25(7-9-28(30)38(46)47)19-45(37-4-2-3-13-42-37)39(48)52-36-22-43-14-11-26(36)12-15-43/h2-4,7-10,13,16-17,20-21,24,26,29,36H,5-6,11-12,14-15,18-19,22-23H2,1H3,(H-,46,47,49)/p+1/t29-,36-/m0/s1. The van der Waals surface area contributed by atoms with Gasteiger partial charge in [-0.15, -0.1) is 0 Å². The van der Waals surface area contributed by atoms with E-state index in [9.17, 15) is 19.9 Å². The fraction of sp³-hybridized carbons (Fsp3) is 0.385. The number of hydrogen-bond acceptors (Lipinski definition) is 8. The monoisotopic (exact) mass is 747 g/mol. The maximum absolute atomic E-state index is 13.9. The van der Waals surface area contributed by atoms with E-state index in [-0.39, 0.29) is 34.7 Å². The highest BCUT2D eigenvalue weighted by Crippen LogP contribution is 2.40. The molecular formula is C39H41Cl2N4O7+. The molecule has 3 saturated heterocycles. The van der Waals surface area contributed by atoms with Crippen LogP contribution in [0.15, 0.2) is 73.2 Å². The Balaban J connectivity index is 1.28. The number of carboxylic acid groups (broad SMARTS) is 1. The number of carbonyl (C=O) groups excluding carboxylic acids is 1. The lowest BCUT2D eigenvalue weighted by Gasteiger charge is -2.44. The zero-order chi connectivity index (χ0) is 36.4. The fourth-order valence-electron chi connectivity index (χ4n) is 7.23. The number of anilines is 1. The number of aromatic nitrogens is 2. The van der Waals surface area contributed by atoms with Gasteiger partial charge in [-0.3, -0.25) is 15.0 Å². The number of pyridine rings is 2. The average Bonchev–Trinajstić information content (AvgIpc) is 3.98. The van der Waals surface area contributed by atoms with Crippen LogP contribution >= 0.6 is 23.2 Å². The number of hydrogen-bond donors (Lipinski definition) is 2. The second-order valence-electron chi connectivity index (χ2n) is 13.8. The Hall–Kier alpha value is -4.58. The number of carbonyl (C=O) groups is 2. The molecule has 5 heterocycles. The van der Waals surface area contributed by atoms with Gasteiger partial charge in [-0.25, -0.2) is 14.6 Å². The summed E-state index contributed by atoms with van der Waals surface area (Å²) < 4.78 is 18.8. The van der Waals surface area contributed by atoms with E-state index in [1.807, 2.05) is 18.2 Å². The van der Waals surface area contributed by atoms with Gasteiger partial charge in [0.1, 0.15) is 22.0 Å². The lowest BCUT2D eigenvalue weighted by atomic mass is 9.82. The molecule has 13 heteroatoms. The Bertz CT molecular complexity index is 1910. The van der Waals surface area contributed by atoms with E-state index in [0.29, 0.717) is 59.0 Å². The first-order chi connectivity index (χ1) is 25.2. The summed E-state index contributed by atoms with van der Waals surface area (Å²) in [6, 6.07) is 15.9. The lowest BCUT2D eigenvalue weighted by molar-refractivity contribution is -0.904. The third-order valence-corrected chi connectivity index (χ3v) is 10.9. The van der Waals surface area contributed by atoms with Crippen LogP contribution in [0.4, 0.5) is 10.6 Å². The minimum absolute atomic E-state index is 0.0738. The van der Waals surface area contributed by atoms with Crippen LogP contribution in [0.3, 0.4) is 0 Å². The molecule has 0 radical (unpaired) electrons. The fourth-order valence-corrected chi connectivity index (χ4v) is 7.83. The Morgan fingerprint density at radius 2 is 1.79 bits per heavy atom. The van der Waals surface area contributed by atoms with E-state index in [1.165, 1.54) is 17.3 Å². The number of ether oxygens (including phenoxy) is 3. The number of methoxy groups -OCH3 is 1. The third kappa shape index (κ3) is 8.06. The largest absolute Gasteiger partial charge is 0.493 e. The normalized spacial score (nSPS) is 19.9. The Morgan fingerprint density at radius 3 is 2.42 bits per heavy atom. The minimum atomic E-state index is -1.12. The number of rotatable bonds is 13. The molecule has 1 saturated carbocycles. The van der Waals surface area contributed by atoms with Crippen molar-refractivity contribution in [1.82, 2.24) is 9.88 Å². The van der Waals surface area contributed by atoms with Crippen molar-refractivity contribution in [2.75, 3.05) is 38.3 Å². The van der Waals surface area contributed by atoms with Crippen LogP contribution in [0.2, 0.25) is 10.0 Å². The Kier molecular flexibility index (Phi) is 10.7. The molecule has 0 spiro atoms. The van der Waals surface area contributed by atoms with Crippen LogP contribution < -0.4 is 19.1 Å². The number of benzene rings is 2. The maximum atomic E-state index is 13.9. The second kappa shape index (κ2) is 15.6. The first kappa shape index (κ1) is 35.8. The lowest BCUT2D eigenvalue weighted by Crippen LogP contribution is -2.53. The molecule has 4 fully saturated rings. The molecule has 2 bridgehead atoms. The highest BCUT2D eigenvalue weighted by atomic mass is 35.5. The van der Waals surface area contributed by atoms with Gasteiger partial charge in [-0.2, -0.15) is 0 Å². The Morgan fingerprint density at radius 1 is 1.02 bits per heavy atom. The summed E-state index contributed by atoms with van der Waals surface area (Å²) in [5.41, 5.74) is 2.47. The van der Waals surface area contributed by atoms with E-state index >= 15 is 0 Å². The molecule has 2 aromatic carbocycles. The van der Waals surface area contributed by atoms with E-state index in [0.717, 1.165) is 49.1 Å². The van der Waals surface area contributed by atoms with Crippen molar-refractivity contribution in [3.8, 4) is 11.5 Å². The van der Waals surface area contributed by atoms with E-state index in [1.54, 1.807) is 49.7 Å². The number of halogens is 2. The predicted molar refractivity (Wildman–Crippen MR) is 194 cm³/mol. The number of nitrogens with zero attached hydrogens (tertiary/aromatic N) is 4. The second-order valence-corrected chi connectivity index (χ2v) is 14.6.